The lowest BCUT2D eigenvalue weighted by Crippen LogP contribution is -2.14. The molecule has 11 heteroatoms. The van der Waals surface area contributed by atoms with Crippen LogP contribution in [0, 0.1) is 11.3 Å². The topological polar surface area (TPSA) is 113 Å². The Kier molecular flexibility index (Phi) is 9.00. The summed E-state index contributed by atoms with van der Waals surface area (Å²) in [5.41, 5.74) is 1.51. The largest absolute Gasteiger partial charge is 0.495 e. The van der Waals surface area contributed by atoms with Crippen molar-refractivity contribution in [3.8, 4) is 17.6 Å². The quantitative estimate of drug-likeness (QED) is 0.392. The van der Waals surface area contributed by atoms with E-state index >= 15 is 0 Å². The molecule has 0 aliphatic carbocycles. The molecule has 0 saturated heterocycles. The number of carbonyl (C=O) groups excluding carboxylic acids is 2. The van der Waals surface area contributed by atoms with E-state index in [-0.39, 0.29) is 23.3 Å². The van der Waals surface area contributed by atoms with Crippen molar-refractivity contribution in [1.82, 2.24) is 4.37 Å². The van der Waals surface area contributed by atoms with Crippen LogP contribution in [0.1, 0.15) is 5.56 Å². The summed E-state index contributed by atoms with van der Waals surface area (Å²) in [4.78, 5) is 24.7. The number of anilines is 2. The van der Waals surface area contributed by atoms with Crippen molar-refractivity contribution < 1.29 is 19.1 Å². The molecular formula is C22H20N4O4S3. The van der Waals surface area contributed by atoms with Crippen LogP contribution >= 0.6 is 35.1 Å². The highest BCUT2D eigenvalue weighted by atomic mass is 32.2. The molecule has 0 fully saturated rings. The van der Waals surface area contributed by atoms with E-state index in [9.17, 15) is 14.9 Å². The first-order valence-electron chi connectivity index (χ1n) is 9.56. The number of nitriles is 1. The molecule has 0 aliphatic rings. The van der Waals surface area contributed by atoms with Crippen LogP contribution in [0.5, 0.6) is 11.5 Å². The Morgan fingerprint density at radius 1 is 0.939 bits per heavy atom. The summed E-state index contributed by atoms with van der Waals surface area (Å²) < 4.78 is 15.4. The normalized spacial score (nSPS) is 10.2. The minimum Gasteiger partial charge on any atom is -0.495 e. The van der Waals surface area contributed by atoms with Gasteiger partial charge in [-0.05, 0) is 35.8 Å². The van der Waals surface area contributed by atoms with E-state index in [1.807, 2.05) is 12.1 Å². The van der Waals surface area contributed by atoms with E-state index in [1.165, 1.54) is 37.7 Å². The molecule has 0 unspecified atom stereocenters. The molecule has 0 bridgehead atoms. The molecule has 0 atom stereocenters. The number of para-hydroxylation sites is 4. The predicted molar refractivity (Wildman–Crippen MR) is 132 cm³/mol. The summed E-state index contributed by atoms with van der Waals surface area (Å²) in [6, 6.07) is 16.4. The SMILES string of the molecule is COc1ccccc1NC(=O)CSc1nsc(SCC(=O)Nc2ccccc2OC)c1C#N. The van der Waals surface area contributed by atoms with Crippen LogP contribution in [0.3, 0.4) is 0 Å². The first kappa shape index (κ1) is 24.4. The molecule has 2 amide bonds. The van der Waals surface area contributed by atoms with Gasteiger partial charge in [0.25, 0.3) is 0 Å². The van der Waals surface area contributed by atoms with Gasteiger partial charge >= 0.3 is 0 Å². The van der Waals surface area contributed by atoms with Crippen molar-refractivity contribution in [3.05, 3.63) is 54.1 Å². The first-order chi connectivity index (χ1) is 16.0. The Morgan fingerprint density at radius 2 is 1.45 bits per heavy atom. The zero-order chi connectivity index (χ0) is 23.6. The zero-order valence-electron chi connectivity index (χ0n) is 17.8. The lowest BCUT2D eigenvalue weighted by Gasteiger charge is -2.09. The van der Waals surface area contributed by atoms with Gasteiger partial charge in [0.15, 0.2) is 0 Å². The number of methoxy groups -OCH3 is 2. The molecule has 8 nitrogen and oxygen atoms in total. The van der Waals surface area contributed by atoms with E-state index < -0.39 is 0 Å². The fraction of sp³-hybridized carbons (Fsp3) is 0.182. The Morgan fingerprint density at radius 3 is 1.97 bits per heavy atom. The predicted octanol–water partition coefficient (Wildman–Crippen LogP) is 4.49. The minimum absolute atomic E-state index is 0.0782. The van der Waals surface area contributed by atoms with Crippen LogP contribution < -0.4 is 20.1 Å². The number of hydrogen-bond donors (Lipinski definition) is 2. The van der Waals surface area contributed by atoms with Crippen LogP contribution in [0.2, 0.25) is 0 Å². The number of nitrogens with one attached hydrogen (secondary N) is 2. The second kappa shape index (κ2) is 12.2. The molecule has 2 aromatic carbocycles. The van der Waals surface area contributed by atoms with Crippen LogP contribution in [-0.2, 0) is 9.59 Å². The van der Waals surface area contributed by atoms with Crippen LogP contribution in [0.25, 0.3) is 0 Å². The number of aromatic nitrogens is 1. The molecule has 0 spiro atoms. The zero-order valence-corrected chi connectivity index (χ0v) is 20.2. The van der Waals surface area contributed by atoms with Gasteiger partial charge in [-0.25, -0.2) is 0 Å². The lowest BCUT2D eigenvalue weighted by molar-refractivity contribution is -0.114. The summed E-state index contributed by atoms with van der Waals surface area (Å²) >= 11 is 3.53. The summed E-state index contributed by atoms with van der Waals surface area (Å²) in [7, 11) is 3.07. The number of amides is 2. The second-order valence-corrected chi connectivity index (χ2v) is 9.32. The molecule has 0 saturated carbocycles. The number of thioether (sulfide) groups is 2. The van der Waals surface area contributed by atoms with Gasteiger partial charge < -0.3 is 20.1 Å². The Hall–Kier alpha value is -3.20. The molecule has 1 heterocycles. The fourth-order valence-electron chi connectivity index (χ4n) is 2.69. The number of carbonyl (C=O) groups is 2. The molecular weight excluding hydrogens is 480 g/mol. The lowest BCUT2D eigenvalue weighted by atomic mass is 10.3. The maximum Gasteiger partial charge on any atom is 0.234 e. The Labute approximate surface area is 203 Å². The molecule has 170 valence electrons. The van der Waals surface area contributed by atoms with Gasteiger partial charge in [0.1, 0.15) is 32.4 Å². The van der Waals surface area contributed by atoms with Gasteiger partial charge in [0.05, 0.1) is 37.1 Å². The van der Waals surface area contributed by atoms with E-state index in [2.05, 4.69) is 21.1 Å². The maximum atomic E-state index is 12.3. The van der Waals surface area contributed by atoms with Crippen molar-refractivity contribution in [2.75, 3.05) is 36.4 Å². The molecule has 33 heavy (non-hydrogen) atoms. The molecule has 3 rings (SSSR count). The highest BCUT2D eigenvalue weighted by Gasteiger charge is 2.18. The van der Waals surface area contributed by atoms with E-state index in [4.69, 9.17) is 9.47 Å². The number of hydrogen-bond acceptors (Lipinski definition) is 9. The minimum atomic E-state index is -0.244. The maximum absolute atomic E-state index is 12.3. The summed E-state index contributed by atoms with van der Waals surface area (Å²) in [5, 5.41) is 15.6. The van der Waals surface area contributed by atoms with Crippen molar-refractivity contribution in [2.45, 2.75) is 9.24 Å². The van der Waals surface area contributed by atoms with Crippen molar-refractivity contribution in [2.24, 2.45) is 0 Å². The average Bonchev–Trinajstić information content (AvgIpc) is 3.24. The summed E-state index contributed by atoms with van der Waals surface area (Å²) in [6.45, 7) is 0. The van der Waals surface area contributed by atoms with Gasteiger partial charge in [-0.2, -0.15) is 9.64 Å². The molecule has 2 N–H and O–H groups in total. The Balaban J connectivity index is 1.55. The van der Waals surface area contributed by atoms with Crippen LogP contribution in [0.15, 0.2) is 57.8 Å². The van der Waals surface area contributed by atoms with Gasteiger partial charge in [0.2, 0.25) is 11.8 Å². The van der Waals surface area contributed by atoms with Crippen molar-refractivity contribution in [3.63, 3.8) is 0 Å². The molecule has 3 aromatic rings. The monoisotopic (exact) mass is 500 g/mol. The number of ether oxygens (including phenoxy) is 2. The highest BCUT2D eigenvalue weighted by Crippen LogP contribution is 2.34. The summed E-state index contributed by atoms with van der Waals surface area (Å²) in [5.74, 6) is 0.838. The van der Waals surface area contributed by atoms with Crippen molar-refractivity contribution >= 4 is 58.2 Å². The molecule has 0 radical (unpaired) electrons. The smallest absolute Gasteiger partial charge is 0.234 e. The Bertz CT molecular complexity index is 1090. The van der Waals surface area contributed by atoms with E-state index in [1.54, 1.807) is 36.4 Å². The van der Waals surface area contributed by atoms with Gasteiger partial charge in [-0.1, -0.05) is 36.0 Å². The van der Waals surface area contributed by atoms with E-state index in [0.717, 1.165) is 11.5 Å². The molecule has 1 aromatic heterocycles. The third-order valence-corrected chi connectivity index (χ3v) is 7.36. The van der Waals surface area contributed by atoms with Crippen LogP contribution in [-0.4, -0.2) is 41.9 Å². The molecule has 0 aliphatic heterocycles. The number of rotatable bonds is 10. The van der Waals surface area contributed by atoms with Gasteiger partial charge in [0, 0.05) is 0 Å². The number of nitrogens with zero attached hydrogens (tertiary/aromatic N) is 2. The van der Waals surface area contributed by atoms with Crippen LogP contribution in [0.4, 0.5) is 11.4 Å². The first-order valence-corrected chi connectivity index (χ1v) is 12.3. The van der Waals surface area contributed by atoms with Crippen molar-refractivity contribution in [1.29, 1.82) is 5.26 Å². The third kappa shape index (κ3) is 6.64. The fourth-order valence-corrected chi connectivity index (χ4v) is 5.38. The standard InChI is InChI=1S/C22H20N4O4S3/c1-29-17-9-5-3-7-15(17)24-19(27)12-31-21-14(11-23)22(33-26-21)32-13-20(28)25-16-8-4-6-10-18(16)30-2/h3-10H,12-13H2,1-2H3,(H,24,27)(H,25,28). The highest BCUT2D eigenvalue weighted by molar-refractivity contribution is 8.02. The average molecular weight is 501 g/mol. The second-order valence-electron chi connectivity index (χ2n) is 6.34. The van der Waals surface area contributed by atoms with Gasteiger partial charge in [-0.3, -0.25) is 9.59 Å². The van der Waals surface area contributed by atoms with Gasteiger partial charge in [-0.15, -0.1) is 11.8 Å². The summed E-state index contributed by atoms with van der Waals surface area (Å²) in [6.07, 6.45) is 0. The number of benzene rings is 2. The van der Waals surface area contributed by atoms with E-state index in [0.29, 0.717) is 37.7 Å². The third-order valence-electron chi connectivity index (χ3n) is 4.18.